The molecule has 0 atom stereocenters. The fraction of sp³-hybridized carbons (Fsp3) is 0.316. The van der Waals surface area contributed by atoms with E-state index in [2.05, 4.69) is 53.4 Å². The van der Waals surface area contributed by atoms with E-state index in [0.29, 0.717) is 13.1 Å². The standard InChI is InChI=1S/C19H23N3O/c1-21(2)19(18(20)23)13-22(14-19)17(15-9-5-3-6-10-15)16-11-7-4-8-12-16/h3-12,17H,13-14H2,1-2H3,(H2,20,23). The molecule has 1 aliphatic rings. The highest BCUT2D eigenvalue weighted by atomic mass is 16.2. The summed E-state index contributed by atoms with van der Waals surface area (Å²) in [6, 6.07) is 21.0. The van der Waals surface area contributed by atoms with Crippen molar-refractivity contribution in [2.75, 3.05) is 27.2 Å². The lowest BCUT2D eigenvalue weighted by atomic mass is 9.83. The van der Waals surface area contributed by atoms with Gasteiger partial charge in [-0.15, -0.1) is 0 Å². The Morgan fingerprint density at radius 1 is 1.00 bits per heavy atom. The van der Waals surface area contributed by atoms with Crippen molar-refractivity contribution >= 4 is 5.91 Å². The highest BCUT2D eigenvalue weighted by Gasteiger charge is 2.52. The quantitative estimate of drug-likeness (QED) is 0.917. The molecule has 4 heteroatoms. The molecule has 2 aromatic rings. The van der Waals surface area contributed by atoms with Crippen LogP contribution in [0.3, 0.4) is 0 Å². The van der Waals surface area contributed by atoms with Crippen LogP contribution in [0.5, 0.6) is 0 Å². The molecule has 4 nitrogen and oxygen atoms in total. The molecule has 1 fully saturated rings. The predicted molar refractivity (Wildman–Crippen MR) is 91.9 cm³/mol. The van der Waals surface area contributed by atoms with Crippen LogP contribution in [0.15, 0.2) is 60.7 Å². The average Bonchev–Trinajstić information content (AvgIpc) is 2.51. The minimum atomic E-state index is -0.568. The van der Waals surface area contributed by atoms with Crippen molar-refractivity contribution < 1.29 is 4.79 Å². The maximum atomic E-state index is 11.9. The van der Waals surface area contributed by atoms with Gasteiger partial charge in [0, 0.05) is 13.1 Å². The minimum Gasteiger partial charge on any atom is -0.368 e. The van der Waals surface area contributed by atoms with Crippen LogP contribution in [0.1, 0.15) is 17.2 Å². The zero-order valence-electron chi connectivity index (χ0n) is 13.6. The van der Waals surface area contributed by atoms with Gasteiger partial charge in [-0.1, -0.05) is 60.7 Å². The molecule has 120 valence electrons. The summed E-state index contributed by atoms with van der Waals surface area (Å²) >= 11 is 0. The number of amides is 1. The number of carbonyl (C=O) groups is 1. The van der Waals surface area contributed by atoms with Gasteiger partial charge in [-0.3, -0.25) is 14.6 Å². The lowest BCUT2D eigenvalue weighted by molar-refractivity contribution is -0.142. The molecule has 23 heavy (non-hydrogen) atoms. The van der Waals surface area contributed by atoms with Crippen LogP contribution in [0.2, 0.25) is 0 Å². The van der Waals surface area contributed by atoms with E-state index in [0.717, 1.165) is 0 Å². The Hall–Kier alpha value is -2.17. The van der Waals surface area contributed by atoms with E-state index in [-0.39, 0.29) is 11.9 Å². The topological polar surface area (TPSA) is 49.6 Å². The summed E-state index contributed by atoms with van der Waals surface area (Å²) in [4.78, 5) is 16.2. The van der Waals surface area contributed by atoms with Crippen molar-refractivity contribution in [3.8, 4) is 0 Å². The van der Waals surface area contributed by atoms with E-state index in [4.69, 9.17) is 5.73 Å². The number of likely N-dealkylation sites (N-methyl/N-ethyl adjacent to an activating group) is 1. The Morgan fingerprint density at radius 3 is 1.78 bits per heavy atom. The second-order valence-electron chi connectivity index (χ2n) is 6.42. The smallest absolute Gasteiger partial charge is 0.240 e. The molecule has 1 amide bonds. The van der Waals surface area contributed by atoms with E-state index < -0.39 is 5.54 Å². The number of hydrogen-bond donors (Lipinski definition) is 1. The third kappa shape index (κ3) is 2.76. The number of nitrogens with zero attached hydrogens (tertiary/aromatic N) is 2. The van der Waals surface area contributed by atoms with Crippen LogP contribution in [0.25, 0.3) is 0 Å². The van der Waals surface area contributed by atoms with Gasteiger partial charge in [0.25, 0.3) is 0 Å². The number of primary amides is 1. The number of hydrogen-bond acceptors (Lipinski definition) is 3. The molecule has 2 aromatic carbocycles. The molecule has 1 aliphatic heterocycles. The van der Waals surface area contributed by atoms with Gasteiger partial charge in [-0.2, -0.15) is 0 Å². The maximum absolute atomic E-state index is 11.9. The Labute approximate surface area is 137 Å². The summed E-state index contributed by atoms with van der Waals surface area (Å²) in [5.41, 5.74) is 7.56. The zero-order valence-corrected chi connectivity index (χ0v) is 13.6. The van der Waals surface area contributed by atoms with Gasteiger partial charge in [0.2, 0.25) is 5.91 Å². The summed E-state index contributed by atoms with van der Waals surface area (Å²) < 4.78 is 0. The SMILES string of the molecule is CN(C)C1(C(N)=O)CN(C(c2ccccc2)c2ccccc2)C1. The van der Waals surface area contributed by atoms with Crippen LogP contribution < -0.4 is 5.73 Å². The molecular weight excluding hydrogens is 286 g/mol. The van der Waals surface area contributed by atoms with Crippen molar-refractivity contribution in [1.29, 1.82) is 0 Å². The third-order valence-electron chi connectivity index (χ3n) is 4.84. The maximum Gasteiger partial charge on any atom is 0.240 e. The van der Waals surface area contributed by atoms with E-state index in [9.17, 15) is 4.79 Å². The van der Waals surface area contributed by atoms with E-state index in [1.165, 1.54) is 11.1 Å². The van der Waals surface area contributed by atoms with E-state index >= 15 is 0 Å². The molecule has 0 radical (unpaired) electrons. The second kappa shape index (κ2) is 6.14. The molecule has 1 heterocycles. The molecule has 0 saturated carbocycles. The highest BCUT2D eigenvalue weighted by Crippen LogP contribution is 2.37. The molecule has 0 spiro atoms. The second-order valence-corrected chi connectivity index (χ2v) is 6.42. The molecular formula is C19H23N3O. The zero-order chi connectivity index (χ0) is 16.4. The Bertz CT molecular complexity index is 624. The van der Waals surface area contributed by atoms with Crippen molar-refractivity contribution in [2.24, 2.45) is 5.73 Å². The van der Waals surface area contributed by atoms with Crippen LogP contribution >= 0.6 is 0 Å². The van der Waals surface area contributed by atoms with E-state index in [1.807, 2.05) is 31.1 Å². The predicted octanol–water partition coefficient (Wildman–Crippen LogP) is 1.88. The van der Waals surface area contributed by atoms with Crippen molar-refractivity contribution in [1.82, 2.24) is 9.80 Å². The fourth-order valence-electron chi connectivity index (χ4n) is 3.35. The Morgan fingerprint density at radius 2 is 1.43 bits per heavy atom. The van der Waals surface area contributed by atoms with Gasteiger partial charge in [0.05, 0.1) is 6.04 Å². The van der Waals surface area contributed by atoms with Crippen LogP contribution in [-0.4, -0.2) is 48.4 Å². The van der Waals surface area contributed by atoms with E-state index in [1.54, 1.807) is 0 Å². The Balaban J connectivity index is 1.92. The summed E-state index contributed by atoms with van der Waals surface area (Å²) in [5, 5.41) is 0. The highest BCUT2D eigenvalue weighted by molar-refractivity contribution is 5.86. The Kier molecular flexibility index (Phi) is 4.20. The number of nitrogens with two attached hydrogens (primary N) is 1. The summed E-state index contributed by atoms with van der Waals surface area (Å²) in [6.07, 6.45) is 0. The normalized spacial score (nSPS) is 17.2. The molecule has 0 aliphatic carbocycles. The van der Waals surface area contributed by atoms with Crippen molar-refractivity contribution in [2.45, 2.75) is 11.6 Å². The summed E-state index contributed by atoms with van der Waals surface area (Å²) in [5.74, 6) is -0.251. The van der Waals surface area contributed by atoms with Crippen molar-refractivity contribution in [3.63, 3.8) is 0 Å². The number of carbonyl (C=O) groups excluding carboxylic acids is 1. The van der Waals surface area contributed by atoms with Crippen LogP contribution in [0.4, 0.5) is 0 Å². The summed E-state index contributed by atoms with van der Waals surface area (Å²) in [6.45, 7) is 1.29. The van der Waals surface area contributed by atoms with Gasteiger partial charge in [0.15, 0.2) is 0 Å². The van der Waals surface area contributed by atoms with Gasteiger partial charge in [-0.05, 0) is 25.2 Å². The molecule has 0 aromatic heterocycles. The van der Waals surface area contributed by atoms with Crippen LogP contribution in [0, 0.1) is 0 Å². The van der Waals surface area contributed by atoms with Gasteiger partial charge >= 0.3 is 0 Å². The largest absolute Gasteiger partial charge is 0.368 e. The molecule has 2 N–H and O–H groups in total. The lowest BCUT2D eigenvalue weighted by Gasteiger charge is -2.54. The van der Waals surface area contributed by atoms with Crippen molar-refractivity contribution in [3.05, 3.63) is 71.8 Å². The monoisotopic (exact) mass is 309 g/mol. The molecule has 0 bridgehead atoms. The fourth-order valence-corrected chi connectivity index (χ4v) is 3.35. The molecule has 1 saturated heterocycles. The van der Waals surface area contributed by atoms with Gasteiger partial charge in [0.1, 0.15) is 5.54 Å². The first kappa shape index (κ1) is 15.7. The number of rotatable bonds is 5. The first-order valence-electron chi connectivity index (χ1n) is 7.86. The molecule has 3 rings (SSSR count). The third-order valence-corrected chi connectivity index (χ3v) is 4.84. The average molecular weight is 309 g/mol. The van der Waals surface area contributed by atoms with Crippen LogP contribution in [-0.2, 0) is 4.79 Å². The van der Waals surface area contributed by atoms with Gasteiger partial charge in [-0.25, -0.2) is 0 Å². The molecule has 0 unspecified atom stereocenters. The minimum absolute atomic E-state index is 0.143. The summed E-state index contributed by atoms with van der Waals surface area (Å²) in [7, 11) is 3.84. The first-order chi connectivity index (χ1) is 11.0. The lowest BCUT2D eigenvalue weighted by Crippen LogP contribution is -2.74. The number of benzene rings is 2. The first-order valence-corrected chi connectivity index (χ1v) is 7.86. The number of likely N-dealkylation sites (tertiary alicyclic amines) is 1. The van der Waals surface area contributed by atoms with Gasteiger partial charge < -0.3 is 5.73 Å².